The van der Waals surface area contributed by atoms with Gasteiger partial charge in [0, 0.05) is 49.3 Å². The average molecular weight is 967 g/mol. The second-order valence-corrected chi connectivity index (χ2v) is 23.9. The van der Waals surface area contributed by atoms with Crippen LogP contribution in [-0.2, 0) is 21.8 Å². The monoisotopic (exact) mass is 966 g/mol. The molecule has 3 aliphatic rings. The molecule has 2 saturated carbocycles. The Labute approximate surface area is 407 Å². The molecule has 0 bridgehead atoms. The summed E-state index contributed by atoms with van der Waals surface area (Å²) in [5, 5.41) is 5.96. The van der Waals surface area contributed by atoms with Gasteiger partial charge in [-0.15, -0.1) is 0 Å². The van der Waals surface area contributed by atoms with Crippen molar-refractivity contribution in [3.8, 4) is 23.0 Å². The first-order valence-corrected chi connectivity index (χ1v) is 26.7. The summed E-state index contributed by atoms with van der Waals surface area (Å²) in [5.41, 5.74) is 11.4. The van der Waals surface area contributed by atoms with E-state index < -0.39 is 7.92 Å². The van der Waals surface area contributed by atoms with Crippen LogP contribution in [0.15, 0.2) is 48.5 Å². The van der Waals surface area contributed by atoms with Crippen molar-refractivity contribution >= 4 is 37.1 Å². The predicted octanol–water partition coefficient (Wildman–Crippen LogP) is 10.5. The molecule has 10 heteroatoms. The van der Waals surface area contributed by atoms with Crippen LogP contribution in [0, 0.1) is 61.3 Å². The van der Waals surface area contributed by atoms with Crippen molar-refractivity contribution in [1.29, 1.82) is 0 Å². The Balaban J connectivity index is 0.000000257. The molecular weight excluding hydrogens is 886 g/mol. The Morgan fingerprint density at radius 2 is 0.908 bits per heavy atom. The number of hydrogen-bond acceptors (Lipinski definition) is 7. The fourth-order valence-electron chi connectivity index (χ4n) is 11.3. The number of benzene rings is 4. The van der Waals surface area contributed by atoms with Crippen LogP contribution < -0.4 is 40.2 Å². The summed E-state index contributed by atoms with van der Waals surface area (Å²) in [6, 6.07) is 19.7. The van der Waals surface area contributed by atoms with Gasteiger partial charge >= 0.3 is 0 Å². The normalized spacial score (nSPS) is 18.4. The largest absolute Gasteiger partial charge is 0.496 e. The van der Waals surface area contributed by atoms with Crippen LogP contribution >= 0.6 is 15.8 Å². The van der Waals surface area contributed by atoms with Crippen molar-refractivity contribution in [3.63, 3.8) is 0 Å². The smallest absolute Gasteiger partial charge is 0.124 e. The van der Waals surface area contributed by atoms with E-state index in [4.69, 9.17) is 23.7 Å². The first-order valence-electron chi connectivity index (χ1n) is 23.9. The Bertz CT molecular complexity index is 1980. The quantitative estimate of drug-likeness (QED) is 0.0869. The summed E-state index contributed by atoms with van der Waals surface area (Å²) in [6.45, 7) is 26.0. The molecule has 2 aliphatic carbocycles. The summed E-state index contributed by atoms with van der Waals surface area (Å²) in [4.78, 5) is 5.18. The molecule has 4 aromatic rings. The number of morpholine rings is 1. The van der Waals surface area contributed by atoms with Crippen LogP contribution in [0.1, 0.15) is 96.4 Å². The minimum atomic E-state index is -0.534. The van der Waals surface area contributed by atoms with Gasteiger partial charge in [-0.3, -0.25) is 4.90 Å². The van der Waals surface area contributed by atoms with E-state index in [0.717, 1.165) is 68.0 Å². The van der Waals surface area contributed by atoms with Crippen molar-refractivity contribution in [2.45, 2.75) is 125 Å². The maximum Gasteiger partial charge on any atom is 0.124 e. The molecule has 0 amide bonds. The Kier molecular flexibility index (Phi) is 20.1. The van der Waals surface area contributed by atoms with Gasteiger partial charge < -0.3 is 28.6 Å². The standard InChI is InChI=1S/C32H49N2O3P.C23H31O2P.Fe/c1-22-18-27(19-23(2)31(22)35-7)38(28-20-24(3)32(36-8)25(4)21-28)30-11-9-10-29(30)26(5)33(6)12-13-34-14-16-37-17-15-34;1-15-11-20(12-16(2)22(15)24-5)26(19-9-7-8-10-19)21-13-17(3)23(25-6)18(4)14-21;/h18-21,26,29-30H,9-17H2,1-8H3;11-14,19H,7-10H2,1-6H3;/t26-,29?,30?;;/m1../s1. The van der Waals surface area contributed by atoms with Gasteiger partial charge in [0.05, 0.1) is 41.7 Å². The average Bonchev–Trinajstić information content (AvgIpc) is 3.97. The number of aryl methyl sites for hydroxylation is 8. The molecule has 1 heterocycles. The molecule has 1 saturated heterocycles. The number of likely N-dealkylation sites (N-methyl/N-ethyl adjacent to an activating group) is 1. The summed E-state index contributed by atoms with van der Waals surface area (Å²) < 4.78 is 28.3. The summed E-state index contributed by atoms with van der Waals surface area (Å²) in [6.07, 6.45) is 9.36. The van der Waals surface area contributed by atoms with E-state index >= 15 is 0 Å². The van der Waals surface area contributed by atoms with Gasteiger partial charge in [-0.05, 0) is 242 Å². The SMILES string of the molecule is COc1c(C)cc(P(c2cc(C)c(OC)c(C)c2)C2CCCC2)cc1C.COc1c(C)cc(P(c2cc(C)c(OC)c(C)c2)C2CCCC2[C@@H](C)N(C)CCN2CCOCC2)cc1C.[Fe]. The fourth-order valence-corrected chi connectivity index (χ4v) is 18.3. The van der Waals surface area contributed by atoms with E-state index in [1.54, 1.807) is 28.4 Å². The number of hydrogen-bond donors (Lipinski definition) is 0. The molecule has 2 unspecified atom stereocenters. The zero-order chi connectivity index (χ0) is 46.2. The van der Waals surface area contributed by atoms with E-state index in [9.17, 15) is 0 Å². The molecule has 3 atom stereocenters. The van der Waals surface area contributed by atoms with Crippen molar-refractivity contribution in [1.82, 2.24) is 9.80 Å². The Morgan fingerprint density at radius 1 is 0.554 bits per heavy atom. The van der Waals surface area contributed by atoms with Crippen molar-refractivity contribution in [2.24, 2.45) is 5.92 Å². The summed E-state index contributed by atoms with van der Waals surface area (Å²) in [7, 11) is 8.55. The molecule has 1 aliphatic heterocycles. The van der Waals surface area contributed by atoms with Gasteiger partial charge in [0.1, 0.15) is 23.0 Å². The first-order chi connectivity index (χ1) is 30.7. The Morgan fingerprint density at radius 3 is 1.26 bits per heavy atom. The van der Waals surface area contributed by atoms with Gasteiger partial charge in [-0.1, -0.05) is 19.3 Å². The summed E-state index contributed by atoms with van der Waals surface area (Å²) in [5.74, 6) is 4.77. The van der Waals surface area contributed by atoms with E-state index in [-0.39, 0.29) is 25.0 Å². The van der Waals surface area contributed by atoms with Crippen molar-refractivity contribution in [2.75, 3.05) is 74.9 Å². The van der Waals surface area contributed by atoms with Crippen LogP contribution in [0.4, 0.5) is 0 Å². The number of methoxy groups -OCH3 is 4. The van der Waals surface area contributed by atoms with E-state index in [1.165, 1.54) is 111 Å². The van der Waals surface area contributed by atoms with Crippen LogP contribution in [-0.4, -0.2) is 102 Å². The molecule has 3 fully saturated rings. The fraction of sp³-hybridized carbons (Fsp3) is 0.564. The van der Waals surface area contributed by atoms with Crippen molar-refractivity contribution < 1.29 is 40.8 Å². The van der Waals surface area contributed by atoms with Gasteiger partial charge in [-0.2, -0.15) is 0 Å². The van der Waals surface area contributed by atoms with Crippen LogP contribution in [0.5, 0.6) is 23.0 Å². The molecule has 7 nitrogen and oxygen atoms in total. The molecule has 4 aromatic carbocycles. The second kappa shape index (κ2) is 24.6. The number of ether oxygens (including phenoxy) is 5. The third kappa shape index (κ3) is 12.5. The molecule has 0 aromatic heterocycles. The summed E-state index contributed by atoms with van der Waals surface area (Å²) >= 11 is 0. The molecule has 7 rings (SSSR count). The second-order valence-electron chi connectivity index (χ2n) is 19.0. The van der Waals surface area contributed by atoms with E-state index in [0.29, 0.717) is 17.6 Å². The van der Waals surface area contributed by atoms with Gasteiger partial charge in [-0.25, -0.2) is 0 Å². The third-order valence-electron chi connectivity index (χ3n) is 14.5. The molecular formula is C55H80FeN2O5P2. The molecule has 358 valence electrons. The minimum Gasteiger partial charge on any atom is -0.496 e. The van der Waals surface area contributed by atoms with E-state index in [2.05, 4.69) is 128 Å². The molecule has 0 radical (unpaired) electrons. The van der Waals surface area contributed by atoms with Gasteiger partial charge in [0.2, 0.25) is 0 Å². The predicted molar refractivity (Wildman–Crippen MR) is 275 cm³/mol. The number of nitrogens with zero attached hydrogens (tertiary/aromatic N) is 2. The first kappa shape index (κ1) is 53.3. The van der Waals surface area contributed by atoms with Crippen LogP contribution in [0.3, 0.4) is 0 Å². The number of rotatable bonds is 15. The molecule has 65 heavy (non-hydrogen) atoms. The maximum atomic E-state index is 5.75. The zero-order valence-corrected chi connectivity index (χ0v) is 45.2. The van der Waals surface area contributed by atoms with Crippen molar-refractivity contribution in [3.05, 3.63) is 93.0 Å². The van der Waals surface area contributed by atoms with Crippen LogP contribution in [0.2, 0.25) is 0 Å². The van der Waals surface area contributed by atoms with Gasteiger partial charge in [0.15, 0.2) is 0 Å². The zero-order valence-electron chi connectivity index (χ0n) is 42.3. The van der Waals surface area contributed by atoms with Gasteiger partial charge in [0.25, 0.3) is 0 Å². The van der Waals surface area contributed by atoms with Crippen LogP contribution in [0.25, 0.3) is 0 Å². The molecule has 0 spiro atoms. The molecule has 0 N–H and O–H groups in total. The topological polar surface area (TPSA) is 52.6 Å². The third-order valence-corrected chi connectivity index (χ3v) is 20.3. The minimum absolute atomic E-state index is 0. The maximum absolute atomic E-state index is 5.75. The van der Waals surface area contributed by atoms with E-state index in [1.807, 2.05) is 0 Å². The Hall–Kier alpha value is -2.66.